The van der Waals surface area contributed by atoms with Gasteiger partial charge in [-0.15, -0.1) is 0 Å². The van der Waals surface area contributed by atoms with Crippen LogP contribution in [0.15, 0.2) is 84.4 Å². The number of hydrogen-bond acceptors (Lipinski definition) is 5. The van der Waals surface area contributed by atoms with Crippen LogP contribution < -0.4 is 15.4 Å². The molecule has 0 spiro atoms. The number of nitrogens with one attached hydrogen (secondary N) is 2. The highest BCUT2D eigenvalue weighted by Gasteiger charge is 2.38. The second-order valence-electron chi connectivity index (χ2n) is 9.02. The van der Waals surface area contributed by atoms with E-state index in [9.17, 15) is 14.4 Å². The summed E-state index contributed by atoms with van der Waals surface area (Å²) in [5.74, 6) is -0.390. The fourth-order valence-corrected chi connectivity index (χ4v) is 4.59. The van der Waals surface area contributed by atoms with Crippen LogP contribution in [0.3, 0.4) is 0 Å². The van der Waals surface area contributed by atoms with Crippen LogP contribution in [0.1, 0.15) is 54.2 Å². The lowest BCUT2D eigenvalue weighted by atomic mass is 9.91. The minimum absolute atomic E-state index is 0.190. The molecule has 1 aliphatic rings. The van der Waals surface area contributed by atoms with E-state index >= 15 is 0 Å². The van der Waals surface area contributed by atoms with Gasteiger partial charge in [-0.05, 0) is 48.7 Å². The fraction of sp³-hybridized carbons (Fsp3) is 0.258. The van der Waals surface area contributed by atoms with Crippen LogP contribution >= 0.6 is 0 Å². The van der Waals surface area contributed by atoms with Crippen LogP contribution in [0.5, 0.6) is 5.75 Å². The smallest absolute Gasteiger partial charge is 0.338 e. The Balaban J connectivity index is 1.79. The van der Waals surface area contributed by atoms with Gasteiger partial charge in [0.1, 0.15) is 5.75 Å². The van der Waals surface area contributed by atoms with Crippen molar-refractivity contribution < 1.29 is 23.9 Å². The molecule has 202 valence electrons. The molecule has 0 aromatic heterocycles. The summed E-state index contributed by atoms with van der Waals surface area (Å²) >= 11 is 0. The summed E-state index contributed by atoms with van der Waals surface area (Å²) in [5.41, 5.74) is 3.15. The summed E-state index contributed by atoms with van der Waals surface area (Å²) in [7, 11) is 1.51. The fourth-order valence-electron chi connectivity index (χ4n) is 4.59. The summed E-state index contributed by atoms with van der Waals surface area (Å²) in [6.45, 7) is 4.44. The molecule has 0 aliphatic carbocycles. The number of amides is 3. The van der Waals surface area contributed by atoms with Gasteiger partial charge < -0.3 is 20.1 Å². The van der Waals surface area contributed by atoms with Crippen molar-refractivity contribution in [1.29, 1.82) is 0 Å². The van der Waals surface area contributed by atoms with E-state index in [0.717, 1.165) is 18.4 Å². The minimum Gasteiger partial charge on any atom is -0.496 e. The highest BCUT2D eigenvalue weighted by atomic mass is 16.5. The number of nitrogens with zero attached hydrogens (tertiary/aromatic N) is 1. The van der Waals surface area contributed by atoms with Crippen LogP contribution in [-0.2, 0) is 9.53 Å². The third kappa shape index (κ3) is 6.12. The number of para-hydroxylation sites is 1. The maximum absolute atomic E-state index is 13.5. The molecule has 2 N–H and O–H groups in total. The molecule has 1 unspecified atom stereocenters. The van der Waals surface area contributed by atoms with E-state index in [4.69, 9.17) is 9.47 Å². The third-order valence-corrected chi connectivity index (χ3v) is 6.43. The lowest BCUT2D eigenvalue weighted by molar-refractivity contribution is -0.138. The molecule has 1 aliphatic heterocycles. The first-order valence-corrected chi connectivity index (χ1v) is 13.1. The highest BCUT2D eigenvalue weighted by molar-refractivity contribution is 6.07. The zero-order valence-electron chi connectivity index (χ0n) is 22.4. The second-order valence-corrected chi connectivity index (χ2v) is 9.02. The molecule has 0 saturated carbocycles. The number of unbranched alkanes of at least 4 members (excludes halogenated alkanes) is 1. The normalized spacial score (nSPS) is 15.0. The quantitative estimate of drug-likeness (QED) is 0.326. The molecule has 0 fully saturated rings. The van der Waals surface area contributed by atoms with Crippen LogP contribution in [-0.4, -0.2) is 43.1 Å². The van der Waals surface area contributed by atoms with Crippen molar-refractivity contribution in [2.75, 3.05) is 25.6 Å². The molecule has 3 aromatic carbocycles. The van der Waals surface area contributed by atoms with E-state index in [2.05, 4.69) is 10.6 Å². The number of benzene rings is 3. The molecule has 3 amide bonds. The van der Waals surface area contributed by atoms with Gasteiger partial charge in [-0.3, -0.25) is 9.69 Å². The van der Waals surface area contributed by atoms with E-state index in [1.807, 2.05) is 43.3 Å². The number of hydrogen-bond donors (Lipinski definition) is 2. The second kappa shape index (κ2) is 12.8. The first kappa shape index (κ1) is 27.4. The standard InChI is InChI=1S/C31H33N3O5/c1-4-6-19-34-28(21-13-8-7-9-14-21)26(30(36)39-5-2)27(33-31(34)37)22-15-12-16-23(20-22)32-29(35)24-17-10-11-18-25(24)38-3/h7-18,20,27H,4-6,19H2,1-3H3,(H,32,35)(H,33,37). The number of carbonyl (C=O) groups excluding carboxylic acids is 3. The SMILES string of the molecule is CCCCN1C(=O)NC(c2cccc(NC(=O)c3ccccc3OC)c2)C(C(=O)OCC)=C1c1ccccc1. The number of ether oxygens (including phenoxy) is 2. The molecule has 0 radical (unpaired) electrons. The van der Waals surface area contributed by atoms with E-state index in [-0.39, 0.29) is 18.5 Å². The van der Waals surface area contributed by atoms with Crippen molar-refractivity contribution in [1.82, 2.24) is 10.2 Å². The molecule has 4 rings (SSSR count). The van der Waals surface area contributed by atoms with Crippen LogP contribution in [0.4, 0.5) is 10.5 Å². The lowest BCUT2D eigenvalue weighted by Crippen LogP contribution is -2.48. The van der Waals surface area contributed by atoms with Crippen molar-refractivity contribution in [3.63, 3.8) is 0 Å². The van der Waals surface area contributed by atoms with Crippen molar-refractivity contribution in [3.05, 3.63) is 101 Å². The van der Waals surface area contributed by atoms with Crippen LogP contribution in [0.25, 0.3) is 5.70 Å². The zero-order valence-corrected chi connectivity index (χ0v) is 22.4. The number of rotatable bonds is 10. The van der Waals surface area contributed by atoms with E-state index in [1.54, 1.807) is 54.3 Å². The van der Waals surface area contributed by atoms with Gasteiger partial charge in [-0.1, -0.05) is 67.9 Å². The maximum Gasteiger partial charge on any atom is 0.338 e. The van der Waals surface area contributed by atoms with Crippen molar-refractivity contribution in [3.8, 4) is 5.75 Å². The third-order valence-electron chi connectivity index (χ3n) is 6.43. The van der Waals surface area contributed by atoms with Crippen molar-refractivity contribution in [2.24, 2.45) is 0 Å². The molecular formula is C31H33N3O5. The highest BCUT2D eigenvalue weighted by Crippen LogP contribution is 2.37. The Morgan fingerprint density at radius 1 is 0.974 bits per heavy atom. The molecule has 8 nitrogen and oxygen atoms in total. The van der Waals surface area contributed by atoms with Gasteiger partial charge in [0.15, 0.2) is 0 Å². The van der Waals surface area contributed by atoms with Crippen LogP contribution in [0, 0.1) is 0 Å². The Morgan fingerprint density at radius 2 is 1.72 bits per heavy atom. The summed E-state index contributed by atoms with van der Waals surface area (Å²) < 4.78 is 10.8. The number of carbonyl (C=O) groups is 3. The van der Waals surface area contributed by atoms with Gasteiger partial charge in [-0.25, -0.2) is 9.59 Å². The minimum atomic E-state index is -0.784. The predicted octanol–water partition coefficient (Wildman–Crippen LogP) is 5.79. The van der Waals surface area contributed by atoms with Crippen LogP contribution in [0.2, 0.25) is 0 Å². The van der Waals surface area contributed by atoms with E-state index < -0.39 is 12.0 Å². The summed E-state index contributed by atoms with van der Waals surface area (Å²) in [4.78, 5) is 41.6. The number of esters is 1. The molecule has 1 heterocycles. The monoisotopic (exact) mass is 527 g/mol. The first-order valence-electron chi connectivity index (χ1n) is 13.1. The largest absolute Gasteiger partial charge is 0.496 e. The molecular weight excluding hydrogens is 494 g/mol. The van der Waals surface area contributed by atoms with Crippen molar-refractivity contribution in [2.45, 2.75) is 32.7 Å². The predicted molar refractivity (Wildman–Crippen MR) is 150 cm³/mol. The summed E-state index contributed by atoms with van der Waals surface area (Å²) in [6, 6.07) is 22.3. The Hall–Kier alpha value is -4.59. The molecule has 0 saturated heterocycles. The van der Waals surface area contributed by atoms with E-state index in [1.165, 1.54) is 7.11 Å². The molecule has 39 heavy (non-hydrogen) atoms. The molecule has 0 bridgehead atoms. The van der Waals surface area contributed by atoms with Gasteiger partial charge in [0, 0.05) is 12.2 Å². The Kier molecular flexibility index (Phi) is 8.99. The number of anilines is 1. The van der Waals surface area contributed by atoms with E-state index in [0.29, 0.717) is 40.4 Å². The maximum atomic E-state index is 13.5. The van der Waals surface area contributed by atoms with Gasteiger partial charge >= 0.3 is 12.0 Å². The lowest BCUT2D eigenvalue weighted by Gasteiger charge is -2.37. The Bertz CT molecular complexity index is 1370. The summed E-state index contributed by atoms with van der Waals surface area (Å²) in [5, 5.41) is 5.91. The Morgan fingerprint density at radius 3 is 2.44 bits per heavy atom. The van der Waals surface area contributed by atoms with Crippen molar-refractivity contribution >= 4 is 29.3 Å². The van der Waals surface area contributed by atoms with Gasteiger partial charge in [-0.2, -0.15) is 0 Å². The van der Waals surface area contributed by atoms with Gasteiger partial charge in [0.05, 0.1) is 36.6 Å². The molecule has 1 atom stereocenters. The topological polar surface area (TPSA) is 97.0 Å². The average molecular weight is 528 g/mol. The zero-order chi connectivity index (χ0) is 27.8. The van der Waals surface area contributed by atoms with Gasteiger partial charge in [0.2, 0.25) is 0 Å². The first-order chi connectivity index (χ1) is 19.0. The molecule has 8 heteroatoms. The Labute approximate surface area is 228 Å². The number of methoxy groups -OCH3 is 1. The summed E-state index contributed by atoms with van der Waals surface area (Å²) in [6.07, 6.45) is 1.66. The molecule has 3 aromatic rings. The number of urea groups is 1. The average Bonchev–Trinajstić information content (AvgIpc) is 2.96. The van der Waals surface area contributed by atoms with Gasteiger partial charge in [0.25, 0.3) is 5.91 Å².